The zero-order valence-electron chi connectivity index (χ0n) is 10.4. The Morgan fingerprint density at radius 3 is 2.53 bits per heavy atom. The fraction of sp³-hybridized carbons (Fsp3) is 0.154. The van der Waals surface area contributed by atoms with Crippen molar-refractivity contribution in [1.82, 2.24) is 9.78 Å². The van der Waals surface area contributed by atoms with Gasteiger partial charge >= 0.3 is 0 Å². The number of nitrogens with zero attached hydrogens (tertiary/aromatic N) is 2. The quantitative estimate of drug-likeness (QED) is 0.848. The predicted molar refractivity (Wildman–Crippen MR) is 74.9 cm³/mol. The SMILES string of the molecule is CSc1ccc(-c2ccc(=O)n(CC(N)=O)n2)cc1. The summed E-state index contributed by atoms with van der Waals surface area (Å²) in [5.41, 5.74) is 6.25. The van der Waals surface area contributed by atoms with E-state index >= 15 is 0 Å². The van der Waals surface area contributed by atoms with E-state index in [4.69, 9.17) is 5.73 Å². The van der Waals surface area contributed by atoms with Crippen LogP contribution in [0.15, 0.2) is 46.1 Å². The van der Waals surface area contributed by atoms with Crippen molar-refractivity contribution in [2.45, 2.75) is 11.4 Å². The van der Waals surface area contributed by atoms with Crippen LogP contribution in [0, 0.1) is 0 Å². The van der Waals surface area contributed by atoms with Gasteiger partial charge in [0.1, 0.15) is 6.54 Å². The lowest BCUT2D eigenvalue weighted by Crippen LogP contribution is -2.29. The minimum absolute atomic E-state index is 0.213. The van der Waals surface area contributed by atoms with Crippen LogP contribution in [0.5, 0.6) is 0 Å². The monoisotopic (exact) mass is 275 g/mol. The molecule has 5 nitrogen and oxygen atoms in total. The van der Waals surface area contributed by atoms with Crippen molar-refractivity contribution < 1.29 is 4.79 Å². The van der Waals surface area contributed by atoms with E-state index < -0.39 is 5.91 Å². The van der Waals surface area contributed by atoms with Crippen molar-refractivity contribution in [1.29, 1.82) is 0 Å². The van der Waals surface area contributed by atoms with Gasteiger partial charge in [0, 0.05) is 16.5 Å². The number of hydrogen-bond acceptors (Lipinski definition) is 4. The van der Waals surface area contributed by atoms with Gasteiger partial charge in [-0.3, -0.25) is 9.59 Å². The summed E-state index contributed by atoms with van der Waals surface area (Å²) >= 11 is 1.65. The molecule has 1 amide bonds. The number of thioether (sulfide) groups is 1. The number of aromatic nitrogens is 2. The van der Waals surface area contributed by atoms with Gasteiger partial charge in [-0.1, -0.05) is 12.1 Å². The largest absolute Gasteiger partial charge is 0.368 e. The molecule has 0 radical (unpaired) electrons. The normalized spacial score (nSPS) is 10.4. The summed E-state index contributed by atoms with van der Waals surface area (Å²) < 4.78 is 1.07. The van der Waals surface area contributed by atoms with Crippen LogP contribution in [0.1, 0.15) is 0 Å². The summed E-state index contributed by atoms with van der Waals surface area (Å²) in [4.78, 5) is 23.5. The molecule has 6 heteroatoms. The molecule has 1 aromatic heterocycles. The second-order valence-corrected chi connectivity index (χ2v) is 4.79. The first-order valence-electron chi connectivity index (χ1n) is 5.61. The fourth-order valence-electron chi connectivity index (χ4n) is 1.63. The minimum Gasteiger partial charge on any atom is -0.368 e. The van der Waals surface area contributed by atoms with Gasteiger partial charge in [0.2, 0.25) is 5.91 Å². The third-order valence-corrected chi connectivity index (χ3v) is 3.30. The molecule has 2 aromatic rings. The Kier molecular flexibility index (Phi) is 4.01. The fourth-order valence-corrected chi connectivity index (χ4v) is 2.03. The maximum atomic E-state index is 11.5. The van der Waals surface area contributed by atoms with E-state index in [9.17, 15) is 9.59 Å². The number of carbonyl (C=O) groups excluding carboxylic acids is 1. The Labute approximate surface area is 114 Å². The van der Waals surface area contributed by atoms with Gasteiger partial charge in [0.05, 0.1) is 5.69 Å². The lowest BCUT2D eigenvalue weighted by atomic mass is 10.1. The Hall–Kier alpha value is -2.08. The van der Waals surface area contributed by atoms with Gasteiger partial charge in [-0.2, -0.15) is 5.10 Å². The Morgan fingerprint density at radius 1 is 1.26 bits per heavy atom. The number of rotatable bonds is 4. The standard InChI is InChI=1S/C13H13N3O2S/c1-19-10-4-2-9(3-5-10)11-6-7-13(18)16(15-11)8-12(14)17/h2-7H,8H2,1H3,(H2,14,17). The van der Waals surface area contributed by atoms with Gasteiger partial charge in [-0.25, -0.2) is 4.68 Å². The number of primary amides is 1. The van der Waals surface area contributed by atoms with Gasteiger partial charge in [0.15, 0.2) is 0 Å². The van der Waals surface area contributed by atoms with E-state index in [0.717, 1.165) is 15.1 Å². The smallest absolute Gasteiger partial charge is 0.267 e. The Bertz CT molecular complexity index is 650. The number of amides is 1. The van der Waals surface area contributed by atoms with Crippen LogP contribution in [0.25, 0.3) is 11.3 Å². The summed E-state index contributed by atoms with van der Waals surface area (Å²) in [6.07, 6.45) is 2.00. The molecule has 98 valence electrons. The maximum absolute atomic E-state index is 11.5. The van der Waals surface area contributed by atoms with Crippen molar-refractivity contribution >= 4 is 17.7 Å². The van der Waals surface area contributed by atoms with Gasteiger partial charge in [-0.05, 0) is 24.5 Å². The van der Waals surface area contributed by atoms with Crippen LogP contribution in [0.2, 0.25) is 0 Å². The van der Waals surface area contributed by atoms with Crippen LogP contribution in [-0.2, 0) is 11.3 Å². The summed E-state index contributed by atoms with van der Waals surface area (Å²) in [7, 11) is 0. The van der Waals surface area contributed by atoms with E-state index in [-0.39, 0.29) is 12.1 Å². The predicted octanol–water partition coefficient (Wildman–Crippen LogP) is 1.12. The van der Waals surface area contributed by atoms with Crippen LogP contribution < -0.4 is 11.3 Å². The van der Waals surface area contributed by atoms with Crippen LogP contribution >= 0.6 is 11.8 Å². The van der Waals surface area contributed by atoms with E-state index in [2.05, 4.69) is 5.10 Å². The van der Waals surface area contributed by atoms with Crippen molar-refractivity contribution in [3.63, 3.8) is 0 Å². The molecule has 0 saturated carbocycles. The topological polar surface area (TPSA) is 78.0 Å². The zero-order valence-corrected chi connectivity index (χ0v) is 11.2. The lowest BCUT2D eigenvalue weighted by molar-refractivity contribution is -0.118. The number of nitrogens with two attached hydrogens (primary N) is 1. The van der Waals surface area contributed by atoms with E-state index in [1.165, 1.54) is 6.07 Å². The third-order valence-electron chi connectivity index (χ3n) is 2.56. The van der Waals surface area contributed by atoms with Gasteiger partial charge < -0.3 is 5.73 Å². The second kappa shape index (κ2) is 5.71. The van der Waals surface area contributed by atoms with E-state index in [1.54, 1.807) is 17.8 Å². The summed E-state index contributed by atoms with van der Waals surface area (Å²) in [5, 5.41) is 4.13. The Balaban J connectivity index is 2.39. The lowest BCUT2D eigenvalue weighted by Gasteiger charge is -2.05. The van der Waals surface area contributed by atoms with Crippen molar-refractivity contribution in [2.75, 3.05) is 6.26 Å². The highest BCUT2D eigenvalue weighted by atomic mass is 32.2. The highest BCUT2D eigenvalue weighted by molar-refractivity contribution is 7.98. The third kappa shape index (κ3) is 3.23. The molecular formula is C13H13N3O2S. The first-order chi connectivity index (χ1) is 9.10. The first-order valence-corrected chi connectivity index (χ1v) is 6.83. The molecule has 0 aliphatic rings. The average molecular weight is 275 g/mol. The molecule has 2 rings (SSSR count). The van der Waals surface area contributed by atoms with Crippen LogP contribution in [0.3, 0.4) is 0 Å². The highest BCUT2D eigenvalue weighted by Crippen LogP contribution is 2.20. The molecule has 0 aliphatic heterocycles. The first kappa shape index (κ1) is 13.4. The number of hydrogen-bond donors (Lipinski definition) is 1. The van der Waals surface area contributed by atoms with Gasteiger partial charge in [-0.15, -0.1) is 11.8 Å². The zero-order chi connectivity index (χ0) is 13.8. The number of benzene rings is 1. The molecule has 0 bridgehead atoms. The van der Waals surface area contributed by atoms with Crippen LogP contribution in [-0.4, -0.2) is 21.9 Å². The highest BCUT2D eigenvalue weighted by Gasteiger charge is 2.05. The molecule has 1 aromatic carbocycles. The molecule has 2 N–H and O–H groups in total. The van der Waals surface area contributed by atoms with Crippen molar-refractivity contribution in [2.24, 2.45) is 5.73 Å². The van der Waals surface area contributed by atoms with Crippen LogP contribution in [0.4, 0.5) is 0 Å². The van der Waals surface area contributed by atoms with E-state index in [0.29, 0.717) is 5.69 Å². The number of carbonyl (C=O) groups is 1. The molecule has 0 saturated heterocycles. The Morgan fingerprint density at radius 2 is 1.95 bits per heavy atom. The minimum atomic E-state index is -0.593. The molecule has 1 heterocycles. The summed E-state index contributed by atoms with van der Waals surface area (Å²) in [5.74, 6) is -0.593. The van der Waals surface area contributed by atoms with Gasteiger partial charge in [0.25, 0.3) is 5.56 Å². The summed E-state index contributed by atoms with van der Waals surface area (Å²) in [6, 6.07) is 10.8. The maximum Gasteiger partial charge on any atom is 0.267 e. The molecular weight excluding hydrogens is 262 g/mol. The molecule has 0 fully saturated rings. The van der Waals surface area contributed by atoms with Crippen molar-refractivity contribution in [3.8, 4) is 11.3 Å². The molecule has 0 spiro atoms. The summed E-state index contributed by atoms with van der Waals surface area (Å²) in [6.45, 7) is -0.213. The molecule has 0 aliphatic carbocycles. The van der Waals surface area contributed by atoms with Crippen molar-refractivity contribution in [3.05, 3.63) is 46.8 Å². The second-order valence-electron chi connectivity index (χ2n) is 3.91. The average Bonchev–Trinajstić information content (AvgIpc) is 2.41. The van der Waals surface area contributed by atoms with E-state index in [1.807, 2.05) is 30.5 Å². The molecule has 0 atom stereocenters. The molecule has 0 unspecified atom stereocenters. The molecule has 19 heavy (non-hydrogen) atoms.